The Morgan fingerprint density at radius 3 is 2.69 bits per heavy atom. The molecular weight excluding hydrogens is 445 g/mol. The number of aliphatic imine (C=N–C) groups is 1. The van der Waals surface area contributed by atoms with E-state index in [1.54, 1.807) is 13.0 Å². The number of hydrogen-bond donors (Lipinski definition) is 3. The average molecular weight is 475 g/mol. The fourth-order valence-electron chi connectivity index (χ4n) is 2.41. The number of aromatic nitrogens is 2. The molecule has 0 aliphatic carbocycles. The van der Waals surface area contributed by atoms with Crippen molar-refractivity contribution in [3.05, 3.63) is 41.6 Å². The summed E-state index contributed by atoms with van der Waals surface area (Å²) < 4.78 is 7.46. The first kappa shape index (κ1) is 22.5. The van der Waals surface area contributed by atoms with Gasteiger partial charge in [-0.25, -0.2) is 4.99 Å². The van der Waals surface area contributed by atoms with E-state index >= 15 is 0 Å². The molecule has 0 aliphatic heterocycles. The van der Waals surface area contributed by atoms with Gasteiger partial charge in [0, 0.05) is 25.8 Å². The van der Waals surface area contributed by atoms with E-state index in [2.05, 4.69) is 20.7 Å². The minimum absolute atomic E-state index is 0. The smallest absolute Gasteiger partial charge is 0.191 e. The zero-order valence-electron chi connectivity index (χ0n) is 16.0. The second-order valence-corrected chi connectivity index (χ2v) is 6.44. The molecule has 0 spiro atoms. The van der Waals surface area contributed by atoms with Crippen LogP contribution in [0.3, 0.4) is 0 Å². The SMILES string of the molecule is CCNC(=NCC(C)(O)c1ccc(C)o1)NCCCn1cc(C)cn1.I. The Kier molecular flexibility index (Phi) is 9.14. The monoisotopic (exact) mass is 475 g/mol. The summed E-state index contributed by atoms with van der Waals surface area (Å²) in [5.74, 6) is 1.99. The summed E-state index contributed by atoms with van der Waals surface area (Å²) >= 11 is 0. The molecule has 3 N–H and O–H groups in total. The lowest BCUT2D eigenvalue weighted by atomic mass is 10.0. The molecule has 1 unspecified atom stereocenters. The van der Waals surface area contributed by atoms with Crippen molar-refractivity contribution < 1.29 is 9.52 Å². The molecule has 2 aromatic rings. The lowest BCUT2D eigenvalue weighted by molar-refractivity contribution is 0.0428. The van der Waals surface area contributed by atoms with E-state index in [9.17, 15) is 5.11 Å². The third kappa shape index (κ3) is 6.99. The molecule has 2 heterocycles. The van der Waals surface area contributed by atoms with Crippen LogP contribution in [0.25, 0.3) is 0 Å². The van der Waals surface area contributed by atoms with Crippen LogP contribution in [0.15, 0.2) is 33.9 Å². The van der Waals surface area contributed by atoms with E-state index < -0.39 is 5.60 Å². The first-order valence-corrected chi connectivity index (χ1v) is 8.71. The standard InChI is InChI=1S/C18H29N5O2.HI/c1-5-19-17(20-9-6-10-23-12-14(2)11-22-23)21-13-18(4,24)16-8-7-15(3)25-16;/h7-8,11-12,24H,5-6,9-10,13H2,1-4H3,(H2,19,20,21);1H. The molecule has 0 aromatic carbocycles. The van der Waals surface area contributed by atoms with Crippen LogP contribution in [-0.2, 0) is 12.1 Å². The summed E-state index contributed by atoms with van der Waals surface area (Å²) in [6.07, 6.45) is 4.82. The van der Waals surface area contributed by atoms with Gasteiger partial charge in [0.15, 0.2) is 5.96 Å². The number of aryl methyl sites for hydroxylation is 3. The molecule has 146 valence electrons. The van der Waals surface area contributed by atoms with Crippen molar-refractivity contribution >= 4 is 29.9 Å². The van der Waals surface area contributed by atoms with Crippen molar-refractivity contribution in [1.29, 1.82) is 0 Å². The molecule has 0 saturated heterocycles. The molecule has 0 amide bonds. The summed E-state index contributed by atoms with van der Waals surface area (Å²) in [6, 6.07) is 3.63. The van der Waals surface area contributed by atoms with E-state index in [1.807, 2.05) is 43.9 Å². The van der Waals surface area contributed by atoms with Gasteiger partial charge < -0.3 is 20.2 Å². The third-order valence-corrected chi connectivity index (χ3v) is 3.78. The van der Waals surface area contributed by atoms with Crippen LogP contribution in [0.2, 0.25) is 0 Å². The first-order valence-electron chi connectivity index (χ1n) is 8.71. The summed E-state index contributed by atoms with van der Waals surface area (Å²) in [5, 5.41) is 21.3. The molecule has 2 aromatic heterocycles. The van der Waals surface area contributed by atoms with Crippen LogP contribution in [0, 0.1) is 13.8 Å². The largest absolute Gasteiger partial charge is 0.463 e. The highest BCUT2D eigenvalue weighted by Crippen LogP contribution is 2.22. The Morgan fingerprint density at radius 1 is 1.35 bits per heavy atom. The average Bonchev–Trinajstić information content (AvgIpc) is 3.18. The molecule has 0 radical (unpaired) electrons. The van der Waals surface area contributed by atoms with Gasteiger partial charge in [0.05, 0.1) is 12.7 Å². The number of rotatable bonds is 8. The fourth-order valence-corrected chi connectivity index (χ4v) is 2.41. The maximum atomic E-state index is 10.6. The number of hydrogen-bond acceptors (Lipinski definition) is 4. The zero-order valence-corrected chi connectivity index (χ0v) is 18.3. The van der Waals surface area contributed by atoms with Crippen molar-refractivity contribution in [3.8, 4) is 0 Å². The van der Waals surface area contributed by atoms with Gasteiger partial charge in [-0.15, -0.1) is 24.0 Å². The van der Waals surface area contributed by atoms with E-state index in [0.717, 1.165) is 31.8 Å². The maximum absolute atomic E-state index is 10.6. The third-order valence-electron chi connectivity index (χ3n) is 3.78. The van der Waals surface area contributed by atoms with Crippen LogP contribution in [-0.4, -0.2) is 40.5 Å². The highest BCUT2D eigenvalue weighted by Gasteiger charge is 2.26. The molecule has 2 rings (SSSR count). The Hall–Kier alpha value is -1.55. The van der Waals surface area contributed by atoms with Crippen LogP contribution in [0.4, 0.5) is 0 Å². The highest BCUT2D eigenvalue weighted by atomic mass is 127. The van der Waals surface area contributed by atoms with Gasteiger partial charge in [-0.05, 0) is 51.8 Å². The summed E-state index contributed by atoms with van der Waals surface area (Å²) in [6.45, 7) is 10.2. The molecule has 0 fully saturated rings. The maximum Gasteiger partial charge on any atom is 0.191 e. The lowest BCUT2D eigenvalue weighted by Gasteiger charge is -2.19. The van der Waals surface area contributed by atoms with Gasteiger partial charge in [-0.2, -0.15) is 5.10 Å². The van der Waals surface area contributed by atoms with Gasteiger partial charge >= 0.3 is 0 Å². The van der Waals surface area contributed by atoms with Crippen LogP contribution in [0.5, 0.6) is 0 Å². The number of guanidine groups is 1. The number of aliphatic hydroxyl groups is 1. The first-order chi connectivity index (χ1) is 11.9. The summed E-state index contributed by atoms with van der Waals surface area (Å²) in [4.78, 5) is 4.48. The van der Waals surface area contributed by atoms with Crippen molar-refractivity contribution in [1.82, 2.24) is 20.4 Å². The van der Waals surface area contributed by atoms with E-state index in [-0.39, 0.29) is 30.5 Å². The van der Waals surface area contributed by atoms with Crippen molar-refractivity contribution in [2.45, 2.75) is 46.3 Å². The predicted molar refractivity (Wildman–Crippen MR) is 114 cm³/mol. The summed E-state index contributed by atoms with van der Waals surface area (Å²) in [5.41, 5.74) is 0.0293. The Labute approximate surface area is 172 Å². The minimum Gasteiger partial charge on any atom is -0.463 e. The molecule has 0 bridgehead atoms. The normalized spacial score (nSPS) is 13.8. The van der Waals surface area contributed by atoms with Gasteiger partial charge in [0.1, 0.15) is 17.1 Å². The van der Waals surface area contributed by atoms with E-state index in [4.69, 9.17) is 4.42 Å². The van der Waals surface area contributed by atoms with Gasteiger partial charge in [0.2, 0.25) is 0 Å². The Morgan fingerprint density at radius 2 is 2.12 bits per heavy atom. The highest BCUT2D eigenvalue weighted by molar-refractivity contribution is 14.0. The van der Waals surface area contributed by atoms with Gasteiger partial charge in [-0.1, -0.05) is 0 Å². The van der Waals surface area contributed by atoms with E-state index in [0.29, 0.717) is 11.7 Å². The zero-order chi connectivity index (χ0) is 18.3. The topological polar surface area (TPSA) is 87.6 Å². The molecule has 7 nitrogen and oxygen atoms in total. The molecule has 1 atom stereocenters. The number of nitrogens with one attached hydrogen (secondary N) is 2. The summed E-state index contributed by atoms with van der Waals surface area (Å²) in [7, 11) is 0. The minimum atomic E-state index is -1.14. The molecular formula is C18H30IN5O2. The molecule has 8 heteroatoms. The fraction of sp³-hybridized carbons (Fsp3) is 0.556. The molecule has 0 saturated carbocycles. The lowest BCUT2D eigenvalue weighted by Crippen LogP contribution is -2.39. The van der Waals surface area contributed by atoms with Gasteiger partial charge in [0.25, 0.3) is 0 Å². The van der Waals surface area contributed by atoms with Gasteiger partial charge in [-0.3, -0.25) is 4.68 Å². The number of furan rings is 1. The van der Waals surface area contributed by atoms with Crippen LogP contribution >= 0.6 is 24.0 Å². The molecule has 26 heavy (non-hydrogen) atoms. The van der Waals surface area contributed by atoms with Crippen LogP contribution in [0.1, 0.15) is 37.4 Å². The van der Waals surface area contributed by atoms with Crippen molar-refractivity contribution in [2.24, 2.45) is 4.99 Å². The number of nitrogens with zero attached hydrogens (tertiary/aromatic N) is 3. The van der Waals surface area contributed by atoms with Crippen LogP contribution < -0.4 is 10.6 Å². The quantitative estimate of drug-likeness (QED) is 0.237. The number of halogens is 1. The predicted octanol–water partition coefficient (Wildman–Crippen LogP) is 2.56. The van der Waals surface area contributed by atoms with Crippen molar-refractivity contribution in [3.63, 3.8) is 0 Å². The second-order valence-electron chi connectivity index (χ2n) is 6.44. The van der Waals surface area contributed by atoms with E-state index in [1.165, 1.54) is 5.56 Å². The molecule has 0 aliphatic rings. The second kappa shape index (κ2) is 10.6. The Balaban J connectivity index is 0.00000338. The Bertz CT molecular complexity index is 693. The van der Waals surface area contributed by atoms with Crippen molar-refractivity contribution in [2.75, 3.05) is 19.6 Å².